The molecule has 0 atom stereocenters. The lowest BCUT2D eigenvalue weighted by Crippen LogP contribution is -2.21. The lowest BCUT2D eigenvalue weighted by atomic mass is 10.2. The number of nitrogens with zero attached hydrogens (tertiary/aromatic N) is 2. The highest BCUT2D eigenvalue weighted by Crippen LogP contribution is 2.22. The van der Waals surface area contributed by atoms with Gasteiger partial charge in [-0.2, -0.15) is 0 Å². The summed E-state index contributed by atoms with van der Waals surface area (Å²) in [7, 11) is 0. The van der Waals surface area contributed by atoms with E-state index in [1.165, 1.54) is 0 Å². The highest BCUT2D eigenvalue weighted by molar-refractivity contribution is 6.11. The van der Waals surface area contributed by atoms with Crippen molar-refractivity contribution in [2.24, 2.45) is 0 Å². The molecule has 0 aliphatic rings. The molecule has 0 spiro atoms. The first-order chi connectivity index (χ1) is 13.2. The van der Waals surface area contributed by atoms with Gasteiger partial charge in [0.15, 0.2) is 0 Å². The minimum absolute atomic E-state index is 0.299. The molecule has 2 aromatic heterocycles. The quantitative estimate of drug-likeness (QED) is 0.546. The van der Waals surface area contributed by atoms with Gasteiger partial charge in [0.05, 0.1) is 22.4 Å². The summed E-state index contributed by atoms with van der Waals surface area (Å²) in [5.74, 6) is -0.808. The van der Waals surface area contributed by atoms with Crippen LogP contribution >= 0.6 is 0 Å². The van der Waals surface area contributed by atoms with Crippen LogP contribution in [0.3, 0.4) is 0 Å². The topological polar surface area (TPSA) is 84.0 Å². The summed E-state index contributed by atoms with van der Waals surface area (Å²) in [6.07, 6.45) is 3.03. The number of carbonyl (C=O) groups excluding carboxylic acids is 2. The molecule has 0 saturated carbocycles. The Labute approximate surface area is 155 Å². The van der Waals surface area contributed by atoms with E-state index in [4.69, 9.17) is 0 Å². The largest absolute Gasteiger partial charge is 0.324 e. The average molecular weight is 356 g/mol. The number of nitrogens with one attached hydrogen (secondary N) is 2. The van der Waals surface area contributed by atoms with Crippen molar-refractivity contribution in [2.75, 3.05) is 10.6 Å². The minimum atomic E-state index is -0.404. The molecule has 2 heterocycles. The van der Waals surface area contributed by atoms with Gasteiger partial charge in [0, 0.05) is 23.2 Å². The van der Waals surface area contributed by atoms with Gasteiger partial charge in [0.2, 0.25) is 11.8 Å². The monoisotopic (exact) mass is 356 g/mol. The van der Waals surface area contributed by atoms with Crippen molar-refractivity contribution in [3.63, 3.8) is 0 Å². The van der Waals surface area contributed by atoms with Crippen LogP contribution in [-0.4, -0.2) is 21.8 Å². The molecule has 2 N–H and O–H groups in total. The number of carbonyl (C=O) groups is 2. The standard InChI is InChI=1S/C21H16N4O2/c26-18(24-16-9-1-5-14-7-3-11-22-20(14)16)13-19(27)25-17-10-2-6-15-8-4-12-23-21(15)17/h1-12H,13H2,(H,24,26)(H,25,27). The lowest BCUT2D eigenvalue weighted by Gasteiger charge is -2.09. The van der Waals surface area contributed by atoms with Gasteiger partial charge in [0.25, 0.3) is 0 Å². The smallest absolute Gasteiger partial charge is 0.233 e. The zero-order chi connectivity index (χ0) is 18.6. The van der Waals surface area contributed by atoms with Crippen molar-refractivity contribution in [3.8, 4) is 0 Å². The zero-order valence-corrected chi connectivity index (χ0v) is 14.3. The maximum absolute atomic E-state index is 12.3. The molecule has 6 heteroatoms. The number of aromatic nitrogens is 2. The molecule has 0 bridgehead atoms. The zero-order valence-electron chi connectivity index (χ0n) is 14.3. The first-order valence-corrected chi connectivity index (χ1v) is 8.48. The van der Waals surface area contributed by atoms with Crippen LogP contribution in [0.5, 0.6) is 0 Å². The Morgan fingerprint density at radius 3 is 1.59 bits per heavy atom. The van der Waals surface area contributed by atoms with Crippen molar-refractivity contribution in [2.45, 2.75) is 6.42 Å². The normalized spacial score (nSPS) is 10.7. The van der Waals surface area contributed by atoms with Crippen LogP contribution in [0.25, 0.3) is 21.8 Å². The summed E-state index contributed by atoms with van der Waals surface area (Å²) in [5, 5.41) is 7.36. The van der Waals surface area contributed by atoms with E-state index < -0.39 is 11.8 Å². The van der Waals surface area contributed by atoms with Gasteiger partial charge in [-0.05, 0) is 24.3 Å². The van der Waals surface area contributed by atoms with Gasteiger partial charge in [0.1, 0.15) is 6.42 Å². The van der Waals surface area contributed by atoms with Gasteiger partial charge in [-0.1, -0.05) is 36.4 Å². The van der Waals surface area contributed by atoms with Gasteiger partial charge in [-0.25, -0.2) is 0 Å². The number of pyridine rings is 2. The van der Waals surface area contributed by atoms with E-state index in [1.54, 1.807) is 24.5 Å². The van der Waals surface area contributed by atoms with Gasteiger partial charge >= 0.3 is 0 Å². The fourth-order valence-electron chi connectivity index (χ4n) is 2.94. The summed E-state index contributed by atoms with van der Waals surface area (Å²) in [5.41, 5.74) is 2.54. The molecule has 6 nitrogen and oxygen atoms in total. The van der Waals surface area contributed by atoms with Crippen LogP contribution in [0.15, 0.2) is 73.1 Å². The molecule has 0 radical (unpaired) electrons. The molecule has 0 aliphatic carbocycles. The third-order valence-corrected chi connectivity index (χ3v) is 4.13. The van der Waals surface area contributed by atoms with Crippen LogP contribution < -0.4 is 10.6 Å². The number of hydrogen-bond donors (Lipinski definition) is 2. The van der Waals surface area contributed by atoms with Crippen LogP contribution in [0, 0.1) is 0 Å². The van der Waals surface area contributed by atoms with Gasteiger partial charge in [-0.15, -0.1) is 0 Å². The van der Waals surface area contributed by atoms with Crippen molar-refractivity contribution < 1.29 is 9.59 Å². The number of fused-ring (bicyclic) bond motifs is 2. The molecular weight excluding hydrogens is 340 g/mol. The molecule has 4 aromatic rings. The van der Waals surface area contributed by atoms with E-state index in [-0.39, 0.29) is 6.42 Å². The highest BCUT2D eigenvalue weighted by atomic mass is 16.2. The molecule has 2 aromatic carbocycles. The predicted molar refractivity (Wildman–Crippen MR) is 105 cm³/mol. The third-order valence-electron chi connectivity index (χ3n) is 4.13. The lowest BCUT2D eigenvalue weighted by molar-refractivity contribution is -0.123. The Morgan fingerprint density at radius 2 is 1.11 bits per heavy atom. The molecule has 0 saturated heterocycles. The Bertz CT molecular complexity index is 1060. The average Bonchev–Trinajstić information content (AvgIpc) is 2.68. The number of hydrogen-bond acceptors (Lipinski definition) is 4. The summed E-state index contributed by atoms with van der Waals surface area (Å²) in [4.78, 5) is 33.2. The second kappa shape index (κ2) is 7.21. The van der Waals surface area contributed by atoms with E-state index in [0.29, 0.717) is 22.4 Å². The van der Waals surface area contributed by atoms with Crippen LogP contribution in [0.1, 0.15) is 6.42 Å². The molecular formula is C21H16N4O2. The molecule has 27 heavy (non-hydrogen) atoms. The van der Waals surface area contributed by atoms with Gasteiger partial charge < -0.3 is 10.6 Å². The summed E-state index contributed by atoms with van der Waals surface area (Å²) in [6.45, 7) is 0. The molecule has 0 unspecified atom stereocenters. The molecule has 2 amide bonds. The Balaban J connectivity index is 1.47. The molecule has 4 rings (SSSR count). The molecule has 132 valence electrons. The second-order valence-electron chi connectivity index (χ2n) is 6.03. The minimum Gasteiger partial charge on any atom is -0.324 e. The number of amides is 2. The SMILES string of the molecule is O=C(CC(=O)Nc1cccc2cccnc12)Nc1cccc2cccnc12. The van der Waals surface area contributed by atoms with Crippen molar-refractivity contribution in [1.29, 1.82) is 0 Å². The van der Waals surface area contributed by atoms with E-state index in [9.17, 15) is 9.59 Å². The number of benzene rings is 2. The van der Waals surface area contributed by atoms with Crippen LogP contribution in [0.2, 0.25) is 0 Å². The van der Waals surface area contributed by atoms with Crippen molar-refractivity contribution in [3.05, 3.63) is 73.1 Å². The first kappa shape index (κ1) is 16.7. The maximum Gasteiger partial charge on any atom is 0.233 e. The Hall–Kier alpha value is -3.80. The fourth-order valence-corrected chi connectivity index (χ4v) is 2.94. The van der Waals surface area contributed by atoms with E-state index in [2.05, 4.69) is 20.6 Å². The summed E-state index contributed by atoms with van der Waals surface area (Å²) < 4.78 is 0. The van der Waals surface area contributed by atoms with E-state index >= 15 is 0 Å². The second-order valence-corrected chi connectivity index (χ2v) is 6.03. The van der Waals surface area contributed by atoms with E-state index in [1.807, 2.05) is 48.5 Å². The Kier molecular flexibility index (Phi) is 4.45. The fraction of sp³-hybridized carbons (Fsp3) is 0.0476. The number of rotatable bonds is 4. The van der Waals surface area contributed by atoms with Crippen molar-refractivity contribution in [1.82, 2.24) is 9.97 Å². The highest BCUT2D eigenvalue weighted by Gasteiger charge is 2.13. The summed E-state index contributed by atoms with van der Waals surface area (Å²) >= 11 is 0. The number of para-hydroxylation sites is 2. The molecule has 0 aliphatic heterocycles. The van der Waals surface area contributed by atoms with E-state index in [0.717, 1.165) is 10.8 Å². The third kappa shape index (κ3) is 3.59. The van der Waals surface area contributed by atoms with Crippen LogP contribution in [0.4, 0.5) is 11.4 Å². The summed E-state index contributed by atoms with van der Waals surface area (Å²) in [6, 6.07) is 18.5. The Morgan fingerprint density at radius 1 is 0.667 bits per heavy atom. The van der Waals surface area contributed by atoms with Crippen LogP contribution in [-0.2, 0) is 9.59 Å². The van der Waals surface area contributed by atoms with Gasteiger partial charge in [-0.3, -0.25) is 19.6 Å². The first-order valence-electron chi connectivity index (χ1n) is 8.48. The number of anilines is 2. The maximum atomic E-state index is 12.3. The molecule has 0 fully saturated rings. The predicted octanol–water partition coefficient (Wildman–Crippen LogP) is 3.75. The van der Waals surface area contributed by atoms with Crippen molar-refractivity contribution >= 4 is 45.0 Å².